The van der Waals surface area contributed by atoms with E-state index >= 15 is 0 Å². The maximum atomic E-state index is 11.5. The van der Waals surface area contributed by atoms with Gasteiger partial charge in [-0.2, -0.15) is 0 Å². The first-order valence-corrected chi connectivity index (χ1v) is 5.32. The smallest absolute Gasteiger partial charge is 0.309 e. The average molecular weight is 208 g/mol. The molecule has 2 aliphatic rings. The molecule has 3 nitrogen and oxygen atoms in total. The second-order valence-corrected chi connectivity index (χ2v) is 4.09. The van der Waals surface area contributed by atoms with E-state index in [0.29, 0.717) is 6.61 Å². The summed E-state index contributed by atoms with van der Waals surface area (Å²) in [6.45, 7) is 2.31. The fourth-order valence-corrected chi connectivity index (χ4v) is 2.12. The molecule has 0 aromatic carbocycles. The molecule has 1 spiro atoms. The predicted octanol–water partition coefficient (Wildman–Crippen LogP) is 2.05. The van der Waals surface area contributed by atoms with Crippen LogP contribution in [0.25, 0.3) is 0 Å². The Morgan fingerprint density at radius 3 is 3.00 bits per heavy atom. The first-order chi connectivity index (χ1) is 7.22. The zero-order valence-corrected chi connectivity index (χ0v) is 9.16. The highest BCUT2D eigenvalue weighted by Gasteiger charge is 2.57. The second-order valence-electron chi connectivity index (χ2n) is 4.09. The summed E-state index contributed by atoms with van der Waals surface area (Å²) in [6, 6.07) is 0. The number of hydrogen-bond donors (Lipinski definition) is 0. The van der Waals surface area contributed by atoms with Crippen LogP contribution in [0.3, 0.4) is 0 Å². The number of rotatable bonds is 3. The van der Waals surface area contributed by atoms with Crippen LogP contribution >= 0.6 is 0 Å². The summed E-state index contributed by atoms with van der Waals surface area (Å²) in [5, 5.41) is 0. The lowest BCUT2D eigenvalue weighted by Crippen LogP contribution is -2.13. The van der Waals surface area contributed by atoms with E-state index in [2.05, 4.69) is 6.08 Å². The largest absolute Gasteiger partial charge is 0.497 e. The minimum Gasteiger partial charge on any atom is -0.497 e. The fraction of sp³-hybridized carbons (Fsp3) is 0.583. The number of carbonyl (C=O) groups is 1. The van der Waals surface area contributed by atoms with E-state index in [1.165, 1.54) is 0 Å². The van der Waals surface area contributed by atoms with Gasteiger partial charge in [0.15, 0.2) is 0 Å². The molecular formula is C12H16O3. The third-order valence-corrected chi connectivity index (χ3v) is 3.19. The van der Waals surface area contributed by atoms with E-state index in [-0.39, 0.29) is 17.3 Å². The van der Waals surface area contributed by atoms with Crippen LogP contribution in [0.4, 0.5) is 0 Å². The lowest BCUT2D eigenvalue weighted by molar-refractivity contribution is -0.145. The molecule has 0 amide bonds. The molecule has 15 heavy (non-hydrogen) atoms. The third-order valence-electron chi connectivity index (χ3n) is 3.19. The highest BCUT2D eigenvalue weighted by atomic mass is 16.5. The first-order valence-electron chi connectivity index (χ1n) is 5.32. The molecular weight excluding hydrogens is 192 g/mol. The Morgan fingerprint density at radius 2 is 2.47 bits per heavy atom. The quantitative estimate of drug-likeness (QED) is 0.666. The van der Waals surface area contributed by atoms with Gasteiger partial charge in [-0.05, 0) is 31.9 Å². The highest BCUT2D eigenvalue weighted by Crippen LogP contribution is 2.58. The molecule has 1 saturated carbocycles. The number of hydrogen-bond acceptors (Lipinski definition) is 3. The number of methoxy groups -OCH3 is 1. The van der Waals surface area contributed by atoms with E-state index in [0.717, 1.165) is 18.6 Å². The highest BCUT2D eigenvalue weighted by molar-refractivity contribution is 5.78. The Labute approximate surface area is 89.8 Å². The summed E-state index contributed by atoms with van der Waals surface area (Å²) < 4.78 is 10.1. The minimum atomic E-state index is -0.0589. The Bertz CT molecular complexity index is 330. The molecule has 2 rings (SSSR count). The van der Waals surface area contributed by atoms with Crippen molar-refractivity contribution in [1.29, 1.82) is 0 Å². The van der Waals surface area contributed by atoms with Crippen LogP contribution < -0.4 is 0 Å². The number of carbonyl (C=O) groups excluding carboxylic acids is 1. The van der Waals surface area contributed by atoms with Crippen LogP contribution in [0, 0.1) is 11.3 Å². The van der Waals surface area contributed by atoms with E-state index in [1.54, 1.807) is 7.11 Å². The van der Waals surface area contributed by atoms with Crippen molar-refractivity contribution in [3.8, 4) is 0 Å². The van der Waals surface area contributed by atoms with Crippen LogP contribution in [0.2, 0.25) is 0 Å². The third kappa shape index (κ3) is 1.78. The normalized spacial score (nSPS) is 32.4. The molecule has 0 aliphatic heterocycles. The van der Waals surface area contributed by atoms with Crippen LogP contribution in [-0.4, -0.2) is 19.7 Å². The van der Waals surface area contributed by atoms with Gasteiger partial charge in [-0.1, -0.05) is 6.08 Å². The second kappa shape index (κ2) is 3.72. The zero-order valence-electron chi connectivity index (χ0n) is 9.16. The Hall–Kier alpha value is -1.25. The van der Waals surface area contributed by atoms with Crippen LogP contribution in [0.5, 0.6) is 0 Å². The summed E-state index contributed by atoms with van der Waals surface area (Å²) in [5.74, 6) is 0.884. The van der Waals surface area contributed by atoms with Crippen LogP contribution in [0.1, 0.15) is 19.8 Å². The van der Waals surface area contributed by atoms with Gasteiger partial charge in [0.2, 0.25) is 0 Å². The number of ether oxygens (including phenoxy) is 2. The van der Waals surface area contributed by atoms with Gasteiger partial charge in [-0.3, -0.25) is 4.79 Å². The molecule has 0 N–H and O–H groups in total. The molecule has 2 atom stereocenters. The molecule has 1 fully saturated rings. The summed E-state index contributed by atoms with van der Waals surface area (Å²) in [5.41, 5.74) is 0.0360. The van der Waals surface area contributed by atoms with Crippen LogP contribution in [-0.2, 0) is 14.3 Å². The Kier molecular flexibility index (Phi) is 2.55. The van der Waals surface area contributed by atoms with Gasteiger partial charge in [-0.15, -0.1) is 0 Å². The van der Waals surface area contributed by atoms with Gasteiger partial charge in [-0.25, -0.2) is 0 Å². The van der Waals surface area contributed by atoms with E-state index in [9.17, 15) is 4.79 Å². The molecule has 0 saturated heterocycles. The van der Waals surface area contributed by atoms with Crippen molar-refractivity contribution in [2.75, 3.05) is 13.7 Å². The standard InChI is InChI=1S/C12H16O3/c1-3-15-11(13)10-8-12(10)6-4-9(14-2)5-7-12/h4-6,10H,3,7-8H2,1-2H3/t10?,12-/m0/s1. The van der Waals surface area contributed by atoms with Gasteiger partial charge >= 0.3 is 5.97 Å². The molecule has 2 aliphatic carbocycles. The van der Waals surface area contributed by atoms with Gasteiger partial charge in [0.25, 0.3) is 0 Å². The monoisotopic (exact) mass is 208 g/mol. The van der Waals surface area contributed by atoms with E-state index in [1.807, 2.05) is 19.1 Å². The predicted molar refractivity (Wildman–Crippen MR) is 56.0 cm³/mol. The zero-order chi connectivity index (χ0) is 10.9. The summed E-state index contributed by atoms with van der Waals surface area (Å²) >= 11 is 0. The molecule has 0 aromatic heterocycles. The topological polar surface area (TPSA) is 35.5 Å². The van der Waals surface area contributed by atoms with E-state index < -0.39 is 0 Å². The Morgan fingerprint density at radius 1 is 1.67 bits per heavy atom. The van der Waals surface area contributed by atoms with Crippen molar-refractivity contribution in [1.82, 2.24) is 0 Å². The van der Waals surface area contributed by atoms with Crippen molar-refractivity contribution in [2.45, 2.75) is 19.8 Å². The average Bonchev–Trinajstić information content (AvgIpc) is 2.94. The van der Waals surface area contributed by atoms with Crippen molar-refractivity contribution in [2.24, 2.45) is 11.3 Å². The van der Waals surface area contributed by atoms with Crippen LogP contribution in [0.15, 0.2) is 24.0 Å². The number of esters is 1. The van der Waals surface area contributed by atoms with Gasteiger partial charge in [0.05, 0.1) is 19.6 Å². The molecule has 0 radical (unpaired) electrons. The maximum Gasteiger partial charge on any atom is 0.309 e. The summed E-state index contributed by atoms with van der Waals surface area (Å²) in [6.07, 6.45) is 7.88. The van der Waals surface area contributed by atoms with Gasteiger partial charge < -0.3 is 9.47 Å². The lowest BCUT2D eigenvalue weighted by atomic mass is 9.94. The summed E-state index contributed by atoms with van der Waals surface area (Å²) in [7, 11) is 1.66. The lowest BCUT2D eigenvalue weighted by Gasteiger charge is -2.15. The molecule has 0 heterocycles. The van der Waals surface area contributed by atoms with Crippen molar-refractivity contribution < 1.29 is 14.3 Å². The molecule has 82 valence electrons. The summed E-state index contributed by atoms with van der Waals surface area (Å²) in [4.78, 5) is 11.5. The van der Waals surface area contributed by atoms with Crippen molar-refractivity contribution >= 4 is 5.97 Å². The van der Waals surface area contributed by atoms with Crippen molar-refractivity contribution in [3.63, 3.8) is 0 Å². The first kappa shape index (κ1) is 10.3. The molecule has 3 heteroatoms. The Balaban J connectivity index is 1.96. The molecule has 0 bridgehead atoms. The SMILES string of the molecule is CCOC(=O)C1C[C@@]12C=CC(OC)=CC2. The van der Waals surface area contributed by atoms with E-state index in [4.69, 9.17) is 9.47 Å². The fourth-order valence-electron chi connectivity index (χ4n) is 2.12. The van der Waals surface area contributed by atoms with Gasteiger partial charge in [0.1, 0.15) is 5.76 Å². The van der Waals surface area contributed by atoms with Crippen molar-refractivity contribution in [3.05, 3.63) is 24.0 Å². The molecule has 0 aromatic rings. The van der Waals surface area contributed by atoms with Gasteiger partial charge in [0, 0.05) is 5.41 Å². The molecule has 1 unspecified atom stereocenters. The maximum absolute atomic E-state index is 11.5. The minimum absolute atomic E-state index is 0.0360. The number of allylic oxidation sites excluding steroid dienone is 3.